The van der Waals surface area contributed by atoms with Gasteiger partial charge in [-0.2, -0.15) is 13.2 Å². The predicted octanol–water partition coefficient (Wildman–Crippen LogP) is 4.06. The zero-order valence-corrected chi connectivity index (χ0v) is 11.7. The summed E-state index contributed by atoms with van der Waals surface area (Å²) in [5.74, 6) is 0.531. The Morgan fingerprint density at radius 3 is 2.55 bits per heavy atom. The van der Waals surface area contributed by atoms with Gasteiger partial charge in [0.2, 0.25) is 0 Å². The average Bonchev–Trinajstić information content (AvgIpc) is 2.50. The Labute approximate surface area is 124 Å². The Hall–Kier alpha value is -2.24. The molecule has 1 heterocycles. The highest BCUT2D eigenvalue weighted by Crippen LogP contribution is 2.34. The molecule has 0 fully saturated rings. The number of alkyl halides is 3. The minimum absolute atomic E-state index is 0.106. The normalized spacial score (nSPS) is 14.5. The lowest BCUT2D eigenvalue weighted by Gasteiger charge is -2.18. The number of hydrogen-bond donors (Lipinski definition) is 1. The van der Waals surface area contributed by atoms with Gasteiger partial charge < -0.3 is 9.72 Å². The van der Waals surface area contributed by atoms with Crippen LogP contribution in [0, 0.1) is 0 Å². The van der Waals surface area contributed by atoms with E-state index < -0.39 is 11.7 Å². The van der Waals surface area contributed by atoms with E-state index in [0.717, 1.165) is 30.5 Å². The number of hydrogen-bond acceptors (Lipinski definition) is 2. The number of nitrogens with one attached hydrogen (secondary N) is 1. The standard InChI is InChI=1S/C16H14F3NO2/c17-16(18,19)10-4-3-5-11(8-10)22-14-9-20-15(21)13-7-2-1-6-12(13)14/h3-5,8-9H,1-2,6-7H2,(H,20,21). The van der Waals surface area contributed by atoms with Gasteiger partial charge in [0.1, 0.15) is 11.5 Å². The molecule has 0 saturated carbocycles. The third-order valence-corrected chi connectivity index (χ3v) is 3.76. The second kappa shape index (κ2) is 5.51. The Balaban J connectivity index is 1.96. The predicted molar refractivity (Wildman–Crippen MR) is 75.2 cm³/mol. The molecule has 1 N–H and O–H groups in total. The summed E-state index contributed by atoms with van der Waals surface area (Å²) in [6.45, 7) is 0. The molecule has 1 aliphatic rings. The summed E-state index contributed by atoms with van der Waals surface area (Å²) in [7, 11) is 0. The van der Waals surface area contributed by atoms with Gasteiger partial charge >= 0.3 is 6.18 Å². The molecule has 0 unspecified atom stereocenters. The van der Waals surface area contributed by atoms with Gasteiger partial charge in [0, 0.05) is 17.3 Å². The van der Waals surface area contributed by atoms with E-state index in [1.54, 1.807) is 0 Å². The molecular formula is C16H14F3NO2. The van der Waals surface area contributed by atoms with Crippen molar-refractivity contribution in [1.29, 1.82) is 0 Å². The first-order valence-corrected chi connectivity index (χ1v) is 7.04. The first-order valence-electron chi connectivity index (χ1n) is 7.04. The Morgan fingerprint density at radius 2 is 1.82 bits per heavy atom. The Bertz CT molecular complexity index is 750. The quantitative estimate of drug-likeness (QED) is 0.909. The van der Waals surface area contributed by atoms with Gasteiger partial charge in [-0.15, -0.1) is 0 Å². The Kier molecular flexibility index (Phi) is 3.68. The van der Waals surface area contributed by atoms with Crippen molar-refractivity contribution >= 4 is 0 Å². The summed E-state index contributed by atoms with van der Waals surface area (Å²) < 4.78 is 43.8. The highest BCUT2D eigenvalue weighted by Gasteiger charge is 2.30. The molecule has 3 nitrogen and oxygen atoms in total. The number of halogens is 3. The van der Waals surface area contributed by atoms with Gasteiger partial charge in [0.25, 0.3) is 5.56 Å². The SMILES string of the molecule is O=c1[nH]cc(Oc2cccc(C(F)(F)F)c2)c2c1CCCC2. The molecule has 0 radical (unpaired) electrons. The second-order valence-corrected chi connectivity index (χ2v) is 5.27. The maximum atomic E-state index is 12.7. The van der Waals surface area contributed by atoms with Crippen molar-refractivity contribution in [3.63, 3.8) is 0 Å². The number of H-pyrrole nitrogens is 1. The molecule has 0 bridgehead atoms. The van der Waals surface area contributed by atoms with Gasteiger partial charge in [-0.25, -0.2) is 0 Å². The van der Waals surface area contributed by atoms with Gasteiger partial charge in [-0.1, -0.05) is 6.07 Å². The van der Waals surface area contributed by atoms with Crippen LogP contribution in [0.4, 0.5) is 13.2 Å². The van der Waals surface area contributed by atoms with Crippen molar-refractivity contribution < 1.29 is 17.9 Å². The molecule has 0 amide bonds. The minimum Gasteiger partial charge on any atom is -0.456 e. The maximum Gasteiger partial charge on any atom is 0.416 e. The third-order valence-electron chi connectivity index (χ3n) is 3.76. The molecule has 0 atom stereocenters. The summed E-state index contributed by atoms with van der Waals surface area (Å²) in [6, 6.07) is 4.72. The fraction of sp³-hybridized carbons (Fsp3) is 0.312. The number of benzene rings is 1. The molecule has 0 aliphatic heterocycles. The summed E-state index contributed by atoms with van der Waals surface area (Å²) >= 11 is 0. The number of aromatic amines is 1. The van der Waals surface area contributed by atoms with Crippen LogP contribution in [0.3, 0.4) is 0 Å². The summed E-state index contributed by atoms with van der Waals surface area (Å²) in [5, 5.41) is 0. The molecule has 0 saturated heterocycles. The smallest absolute Gasteiger partial charge is 0.416 e. The molecule has 6 heteroatoms. The van der Waals surface area contributed by atoms with E-state index in [-0.39, 0.29) is 11.3 Å². The molecule has 22 heavy (non-hydrogen) atoms. The first-order chi connectivity index (χ1) is 10.4. The van der Waals surface area contributed by atoms with Crippen LogP contribution >= 0.6 is 0 Å². The third kappa shape index (κ3) is 2.86. The van der Waals surface area contributed by atoms with Crippen molar-refractivity contribution in [1.82, 2.24) is 4.98 Å². The lowest BCUT2D eigenvalue weighted by molar-refractivity contribution is -0.137. The van der Waals surface area contributed by atoms with Crippen LogP contribution in [0.15, 0.2) is 35.3 Å². The topological polar surface area (TPSA) is 42.1 Å². The van der Waals surface area contributed by atoms with E-state index in [4.69, 9.17) is 4.74 Å². The van der Waals surface area contributed by atoms with Crippen LogP contribution in [0.5, 0.6) is 11.5 Å². The van der Waals surface area contributed by atoms with Crippen molar-refractivity contribution in [2.24, 2.45) is 0 Å². The summed E-state index contributed by atoms with van der Waals surface area (Å²) in [6.07, 6.45) is 0.257. The number of pyridine rings is 1. The Morgan fingerprint density at radius 1 is 1.09 bits per heavy atom. The second-order valence-electron chi connectivity index (χ2n) is 5.27. The van der Waals surface area contributed by atoms with E-state index in [1.165, 1.54) is 18.3 Å². The van der Waals surface area contributed by atoms with Gasteiger partial charge in [-0.05, 0) is 43.9 Å². The van der Waals surface area contributed by atoms with Crippen molar-refractivity contribution in [3.8, 4) is 11.5 Å². The van der Waals surface area contributed by atoms with Crippen molar-refractivity contribution in [3.05, 3.63) is 57.5 Å². The maximum absolute atomic E-state index is 12.7. The molecule has 116 valence electrons. The molecular weight excluding hydrogens is 295 g/mol. The van der Waals surface area contributed by atoms with E-state index in [0.29, 0.717) is 24.2 Å². The first kappa shape index (κ1) is 14.7. The lowest BCUT2D eigenvalue weighted by Crippen LogP contribution is -2.19. The average molecular weight is 309 g/mol. The fourth-order valence-electron chi connectivity index (χ4n) is 2.69. The highest BCUT2D eigenvalue weighted by molar-refractivity contribution is 5.42. The van der Waals surface area contributed by atoms with Gasteiger partial charge in [0.15, 0.2) is 0 Å². The zero-order chi connectivity index (χ0) is 15.7. The zero-order valence-electron chi connectivity index (χ0n) is 11.7. The van der Waals surface area contributed by atoms with Gasteiger partial charge in [-0.3, -0.25) is 4.79 Å². The van der Waals surface area contributed by atoms with Gasteiger partial charge in [0.05, 0.1) is 5.56 Å². The molecule has 1 aromatic heterocycles. The van der Waals surface area contributed by atoms with Crippen LogP contribution in [0.2, 0.25) is 0 Å². The van der Waals surface area contributed by atoms with Crippen LogP contribution in [-0.4, -0.2) is 4.98 Å². The van der Waals surface area contributed by atoms with E-state index in [1.807, 2.05) is 0 Å². The number of fused-ring (bicyclic) bond motifs is 1. The lowest BCUT2D eigenvalue weighted by atomic mass is 9.92. The molecule has 2 aromatic rings. The number of aromatic nitrogens is 1. The van der Waals surface area contributed by atoms with E-state index >= 15 is 0 Å². The van der Waals surface area contributed by atoms with Crippen LogP contribution in [-0.2, 0) is 19.0 Å². The fourth-order valence-corrected chi connectivity index (χ4v) is 2.69. The molecule has 1 aromatic carbocycles. The van der Waals surface area contributed by atoms with Crippen molar-refractivity contribution in [2.45, 2.75) is 31.9 Å². The molecule has 0 spiro atoms. The number of ether oxygens (including phenoxy) is 1. The minimum atomic E-state index is -4.41. The summed E-state index contributed by atoms with van der Waals surface area (Å²) in [4.78, 5) is 14.4. The number of rotatable bonds is 2. The van der Waals surface area contributed by atoms with Crippen LogP contribution in [0.25, 0.3) is 0 Å². The van der Waals surface area contributed by atoms with E-state index in [9.17, 15) is 18.0 Å². The highest BCUT2D eigenvalue weighted by atomic mass is 19.4. The monoisotopic (exact) mass is 309 g/mol. The van der Waals surface area contributed by atoms with E-state index in [2.05, 4.69) is 4.98 Å². The van der Waals surface area contributed by atoms with Crippen LogP contribution < -0.4 is 10.3 Å². The van der Waals surface area contributed by atoms with Crippen LogP contribution in [0.1, 0.15) is 29.5 Å². The molecule has 3 rings (SSSR count). The largest absolute Gasteiger partial charge is 0.456 e. The molecule has 1 aliphatic carbocycles. The van der Waals surface area contributed by atoms with Crippen molar-refractivity contribution in [2.75, 3.05) is 0 Å². The summed E-state index contributed by atoms with van der Waals surface area (Å²) in [5.41, 5.74) is 0.567.